The Kier molecular flexibility index (Phi) is 8.54. The summed E-state index contributed by atoms with van der Waals surface area (Å²) in [6, 6.07) is 17.8. The van der Waals surface area contributed by atoms with Gasteiger partial charge in [-0.3, -0.25) is 14.5 Å². The topological polar surface area (TPSA) is 84.0 Å². The molecule has 0 radical (unpaired) electrons. The second-order valence-electron chi connectivity index (χ2n) is 9.38. The summed E-state index contributed by atoms with van der Waals surface area (Å²) in [5, 5.41) is 1.04. The molecule has 36 heavy (non-hydrogen) atoms. The van der Waals surface area contributed by atoms with Gasteiger partial charge in [-0.15, -0.1) is 0 Å². The Bertz CT molecular complexity index is 1200. The number of nitrogens with zero attached hydrogens (tertiary/aromatic N) is 2. The van der Waals surface area contributed by atoms with Crippen molar-refractivity contribution in [3.8, 4) is 0 Å². The summed E-state index contributed by atoms with van der Waals surface area (Å²) in [6.07, 6.45) is 5.24. The number of hydrogen-bond acceptors (Lipinski definition) is 4. The molecule has 1 unspecified atom stereocenters. The van der Waals surface area contributed by atoms with Crippen LogP contribution < -0.4 is 0 Å². The van der Waals surface area contributed by atoms with E-state index in [1.54, 1.807) is 7.05 Å². The Hall–Kier alpha value is -3.45. The van der Waals surface area contributed by atoms with E-state index in [0.717, 1.165) is 47.7 Å². The minimum atomic E-state index is -0.789. The number of hydrogen-bond donors (Lipinski definition) is 1. The van der Waals surface area contributed by atoms with E-state index in [9.17, 15) is 9.59 Å². The van der Waals surface area contributed by atoms with Crippen LogP contribution in [-0.2, 0) is 25.7 Å². The molecule has 0 fully saturated rings. The number of benzene rings is 2. The molecule has 4 rings (SSSR count). The summed E-state index contributed by atoms with van der Waals surface area (Å²) in [5.41, 5.74) is 2.98. The minimum absolute atomic E-state index is 0.0311. The summed E-state index contributed by atoms with van der Waals surface area (Å²) in [6.45, 7) is 4.44. The number of rotatable bonds is 11. The summed E-state index contributed by atoms with van der Waals surface area (Å²) in [4.78, 5) is 34.9. The van der Waals surface area contributed by atoms with Crippen LogP contribution in [0.5, 0.6) is 0 Å². The first kappa shape index (κ1) is 25.6. The third kappa shape index (κ3) is 5.85. The second-order valence-corrected chi connectivity index (χ2v) is 9.38. The second kappa shape index (κ2) is 12.0. The van der Waals surface area contributed by atoms with Gasteiger partial charge in [0.25, 0.3) is 11.8 Å². The fourth-order valence-corrected chi connectivity index (χ4v) is 4.57. The zero-order chi connectivity index (χ0) is 25.5. The van der Waals surface area contributed by atoms with Crippen LogP contribution in [0.1, 0.15) is 63.0 Å². The zero-order valence-electron chi connectivity index (χ0n) is 21.3. The van der Waals surface area contributed by atoms with Gasteiger partial charge in [0.15, 0.2) is 6.10 Å². The van der Waals surface area contributed by atoms with Crippen LogP contribution >= 0.6 is 0 Å². The van der Waals surface area contributed by atoms with Gasteiger partial charge in [0.05, 0.1) is 6.61 Å². The third-order valence-electron chi connectivity index (χ3n) is 6.75. The molecule has 7 heteroatoms. The average Bonchev–Trinajstić information content (AvgIpc) is 3.51. The van der Waals surface area contributed by atoms with E-state index in [-0.39, 0.29) is 23.8 Å². The van der Waals surface area contributed by atoms with E-state index in [0.29, 0.717) is 13.0 Å². The van der Waals surface area contributed by atoms with Gasteiger partial charge in [0.1, 0.15) is 6.10 Å². The number of ether oxygens (including phenoxy) is 2. The van der Waals surface area contributed by atoms with E-state index < -0.39 is 12.2 Å². The number of amides is 2. The van der Waals surface area contributed by atoms with Gasteiger partial charge in [-0.25, -0.2) is 0 Å². The lowest BCUT2D eigenvalue weighted by atomic mass is 9.94. The number of nitrogens with one attached hydrogen (secondary N) is 1. The molecule has 2 heterocycles. The predicted octanol–water partition coefficient (Wildman–Crippen LogP) is 5.57. The van der Waals surface area contributed by atoms with E-state index in [1.165, 1.54) is 4.90 Å². The van der Waals surface area contributed by atoms with Gasteiger partial charge >= 0.3 is 6.02 Å². The molecule has 2 aromatic carbocycles. The number of fused-ring (bicyclic) bond motifs is 1. The van der Waals surface area contributed by atoms with Gasteiger partial charge in [-0.1, -0.05) is 88.1 Å². The van der Waals surface area contributed by atoms with Gasteiger partial charge in [0.2, 0.25) is 0 Å². The van der Waals surface area contributed by atoms with Crippen molar-refractivity contribution >= 4 is 28.7 Å². The van der Waals surface area contributed by atoms with E-state index in [2.05, 4.69) is 16.9 Å². The molecule has 0 bridgehead atoms. The first-order valence-electron chi connectivity index (χ1n) is 12.8. The smallest absolute Gasteiger partial charge is 0.302 e. The summed E-state index contributed by atoms with van der Waals surface area (Å²) >= 11 is 0. The van der Waals surface area contributed by atoms with Crippen molar-refractivity contribution in [2.75, 3.05) is 7.05 Å². The maximum absolute atomic E-state index is 13.4. The highest BCUT2D eigenvalue weighted by Crippen LogP contribution is 2.31. The lowest BCUT2D eigenvalue weighted by Gasteiger charge is -2.25. The highest BCUT2D eigenvalue weighted by Gasteiger charge is 2.39. The number of likely N-dealkylation sites (N-methyl/N-ethyl adjacent to an activating group) is 1. The molecule has 0 aliphatic carbocycles. The lowest BCUT2D eigenvalue weighted by molar-refractivity contribution is -0.141. The van der Waals surface area contributed by atoms with Crippen LogP contribution in [0.3, 0.4) is 0 Å². The highest BCUT2D eigenvalue weighted by atomic mass is 16.5. The molecular formula is C29H35N3O4. The SMILES string of the molecule is CCCCCCC(OCc1ccccc1)C(=O)N(C)C1=NC(=O)[C@H]([C@H](C)c2c[nH]c3ccccc23)O1. The van der Waals surface area contributed by atoms with Crippen molar-refractivity contribution in [3.05, 3.63) is 71.9 Å². The molecule has 1 aliphatic heterocycles. The first-order valence-corrected chi connectivity index (χ1v) is 12.8. The molecule has 0 spiro atoms. The van der Waals surface area contributed by atoms with E-state index in [4.69, 9.17) is 9.47 Å². The van der Waals surface area contributed by atoms with Crippen LogP contribution in [0.4, 0.5) is 0 Å². The fraction of sp³-hybridized carbons (Fsp3) is 0.414. The number of carbonyl (C=O) groups is 2. The Morgan fingerprint density at radius 3 is 2.64 bits per heavy atom. The Morgan fingerprint density at radius 2 is 1.86 bits per heavy atom. The summed E-state index contributed by atoms with van der Waals surface area (Å²) in [5.74, 6) is -0.876. The predicted molar refractivity (Wildman–Crippen MR) is 141 cm³/mol. The van der Waals surface area contributed by atoms with Crippen molar-refractivity contribution in [2.24, 2.45) is 4.99 Å². The fourth-order valence-electron chi connectivity index (χ4n) is 4.57. The normalized spacial score (nSPS) is 17.0. The molecule has 1 N–H and O–H groups in total. The number of H-pyrrole nitrogens is 1. The number of unbranched alkanes of at least 4 members (excludes halogenated alkanes) is 3. The van der Waals surface area contributed by atoms with Gasteiger partial charge in [-0.05, 0) is 23.6 Å². The van der Waals surface area contributed by atoms with Crippen LogP contribution in [0.2, 0.25) is 0 Å². The van der Waals surface area contributed by atoms with Crippen LogP contribution in [-0.4, -0.2) is 47.0 Å². The van der Waals surface area contributed by atoms with Crippen molar-refractivity contribution in [1.82, 2.24) is 9.88 Å². The molecule has 2 amide bonds. The number of amidine groups is 1. The first-order chi connectivity index (χ1) is 17.5. The molecule has 0 saturated carbocycles. The molecular weight excluding hydrogens is 454 g/mol. The monoisotopic (exact) mass is 489 g/mol. The number of aromatic nitrogens is 1. The maximum atomic E-state index is 13.4. The zero-order valence-corrected chi connectivity index (χ0v) is 21.3. The van der Waals surface area contributed by atoms with Gasteiger partial charge < -0.3 is 14.5 Å². The number of para-hydroxylation sites is 1. The molecule has 1 aromatic heterocycles. The largest absolute Gasteiger partial charge is 0.450 e. The van der Waals surface area contributed by atoms with Gasteiger partial charge in [0, 0.05) is 30.1 Å². The molecule has 3 aromatic rings. The van der Waals surface area contributed by atoms with Crippen LogP contribution in [0, 0.1) is 0 Å². The minimum Gasteiger partial charge on any atom is -0.450 e. The van der Waals surface area contributed by atoms with E-state index >= 15 is 0 Å². The third-order valence-corrected chi connectivity index (χ3v) is 6.75. The Morgan fingerprint density at radius 1 is 1.11 bits per heavy atom. The average molecular weight is 490 g/mol. The Labute approximate surface area is 212 Å². The quantitative estimate of drug-likeness (QED) is 0.357. The molecule has 3 atom stereocenters. The van der Waals surface area contributed by atoms with Gasteiger partial charge in [-0.2, -0.15) is 4.99 Å². The molecule has 190 valence electrons. The Balaban J connectivity index is 1.43. The van der Waals surface area contributed by atoms with Crippen LogP contribution in [0.15, 0.2) is 65.8 Å². The highest BCUT2D eigenvalue weighted by molar-refractivity contribution is 6.05. The van der Waals surface area contributed by atoms with Crippen molar-refractivity contribution < 1.29 is 19.1 Å². The number of carbonyl (C=O) groups excluding carboxylic acids is 2. The van der Waals surface area contributed by atoms with Crippen molar-refractivity contribution in [1.29, 1.82) is 0 Å². The molecule has 0 saturated heterocycles. The molecule has 1 aliphatic rings. The summed E-state index contributed by atoms with van der Waals surface area (Å²) in [7, 11) is 1.60. The number of aliphatic imine (C=N–C) groups is 1. The lowest BCUT2D eigenvalue weighted by Crippen LogP contribution is -2.42. The number of aromatic amines is 1. The van der Waals surface area contributed by atoms with Crippen molar-refractivity contribution in [2.45, 2.75) is 70.7 Å². The maximum Gasteiger partial charge on any atom is 0.302 e. The van der Waals surface area contributed by atoms with Crippen LogP contribution in [0.25, 0.3) is 10.9 Å². The van der Waals surface area contributed by atoms with E-state index in [1.807, 2.05) is 67.7 Å². The van der Waals surface area contributed by atoms with Crippen molar-refractivity contribution in [3.63, 3.8) is 0 Å². The molecule has 7 nitrogen and oxygen atoms in total. The summed E-state index contributed by atoms with van der Waals surface area (Å²) < 4.78 is 12.1. The standard InChI is InChI=1S/C29H35N3O4/c1-4-5-6-10-17-25(35-19-21-13-8-7-9-14-21)28(34)32(3)29-31-27(33)26(36-29)20(2)23-18-30-24-16-12-11-15-22(23)24/h7-9,11-16,18,20,25-26,30H,4-6,10,17,19H2,1-3H3/t20-,25?,26+/m1/s1.